The fourth-order valence-electron chi connectivity index (χ4n) is 3.42. The molecule has 3 rings (SSSR count). The van der Waals surface area contributed by atoms with Gasteiger partial charge in [0.2, 0.25) is 0 Å². The van der Waals surface area contributed by atoms with Gasteiger partial charge in [0, 0.05) is 30.5 Å². The van der Waals surface area contributed by atoms with Crippen molar-refractivity contribution >= 4 is 22.1 Å². The first-order valence-corrected chi connectivity index (χ1v) is 11.2. The molecule has 1 atom stereocenters. The van der Waals surface area contributed by atoms with Crippen LogP contribution in [0.5, 0.6) is 0 Å². The molecule has 0 spiro atoms. The van der Waals surface area contributed by atoms with E-state index in [1.165, 1.54) is 0 Å². The van der Waals surface area contributed by atoms with E-state index in [-0.39, 0.29) is 17.5 Å². The van der Waals surface area contributed by atoms with Crippen molar-refractivity contribution in [1.82, 2.24) is 24.2 Å². The van der Waals surface area contributed by atoms with Gasteiger partial charge in [0.05, 0.1) is 18.2 Å². The first kappa shape index (κ1) is 19.2. The SMILES string of the molecule is CCCN(Cn1nc(-c2ccncc2)n(CC)c1=S)C1CCS(=O)(=O)C1. The van der Waals surface area contributed by atoms with Gasteiger partial charge in [0.25, 0.3) is 0 Å². The van der Waals surface area contributed by atoms with Crippen LogP contribution in [0.1, 0.15) is 26.7 Å². The quantitative estimate of drug-likeness (QED) is 0.670. The van der Waals surface area contributed by atoms with Gasteiger partial charge >= 0.3 is 0 Å². The van der Waals surface area contributed by atoms with Gasteiger partial charge in [-0.1, -0.05) is 6.92 Å². The van der Waals surface area contributed by atoms with Crippen molar-refractivity contribution in [2.24, 2.45) is 0 Å². The highest BCUT2D eigenvalue weighted by molar-refractivity contribution is 7.91. The normalized spacial score (nSPS) is 19.3. The molecule has 0 aliphatic carbocycles. The molecule has 1 aliphatic heterocycles. The zero-order valence-corrected chi connectivity index (χ0v) is 16.8. The average molecular weight is 396 g/mol. The Morgan fingerprint density at radius 1 is 1.31 bits per heavy atom. The summed E-state index contributed by atoms with van der Waals surface area (Å²) in [6, 6.07) is 3.88. The van der Waals surface area contributed by atoms with Crippen LogP contribution in [0, 0.1) is 4.77 Å². The van der Waals surface area contributed by atoms with E-state index in [0.717, 1.165) is 30.9 Å². The van der Waals surface area contributed by atoms with Crippen LogP contribution in [0.15, 0.2) is 24.5 Å². The molecule has 3 heterocycles. The van der Waals surface area contributed by atoms with E-state index in [1.54, 1.807) is 12.4 Å². The molecule has 1 aliphatic rings. The lowest BCUT2D eigenvalue weighted by Gasteiger charge is -2.27. The van der Waals surface area contributed by atoms with Gasteiger partial charge in [-0.2, -0.15) is 5.10 Å². The first-order chi connectivity index (χ1) is 12.4. The number of nitrogens with zero attached hydrogens (tertiary/aromatic N) is 5. The molecule has 2 aromatic rings. The summed E-state index contributed by atoms with van der Waals surface area (Å²) in [4.78, 5) is 6.26. The lowest BCUT2D eigenvalue weighted by atomic mass is 10.2. The third-order valence-electron chi connectivity index (χ3n) is 4.73. The van der Waals surface area contributed by atoms with Crippen molar-refractivity contribution in [3.8, 4) is 11.4 Å². The Balaban J connectivity index is 1.91. The Bertz CT molecular complexity index is 905. The fraction of sp³-hybridized carbons (Fsp3) is 0.588. The lowest BCUT2D eigenvalue weighted by Crippen LogP contribution is -2.38. The summed E-state index contributed by atoms with van der Waals surface area (Å²) in [6.45, 7) is 6.20. The molecule has 0 bridgehead atoms. The van der Waals surface area contributed by atoms with E-state index >= 15 is 0 Å². The Morgan fingerprint density at radius 3 is 2.62 bits per heavy atom. The van der Waals surface area contributed by atoms with E-state index in [2.05, 4.69) is 16.8 Å². The minimum Gasteiger partial charge on any atom is -0.300 e. The largest absolute Gasteiger partial charge is 0.300 e. The molecule has 1 saturated heterocycles. The van der Waals surface area contributed by atoms with E-state index < -0.39 is 9.84 Å². The van der Waals surface area contributed by atoms with Gasteiger partial charge in [-0.25, -0.2) is 13.1 Å². The second-order valence-electron chi connectivity index (χ2n) is 6.60. The van der Waals surface area contributed by atoms with E-state index in [1.807, 2.05) is 28.3 Å². The van der Waals surface area contributed by atoms with Crippen molar-refractivity contribution in [2.45, 2.75) is 45.9 Å². The maximum absolute atomic E-state index is 11.9. The Hall–Kier alpha value is -1.58. The summed E-state index contributed by atoms with van der Waals surface area (Å²) < 4.78 is 28.2. The van der Waals surface area contributed by atoms with Gasteiger partial charge in [-0.3, -0.25) is 9.88 Å². The number of sulfone groups is 1. The third-order valence-corrected chi connectivity index (χ3v) is 6.91. The highest BCUT2D eigenvalue weighted by atomic mass is 32.2. The van der Waals surface area contributed by atoms with Gasteiger partial charge in [-0.15, -0.1) is 0 Å². The first-order valence-electron chi connectivity index (χ1n) is 8.97. The molecular weight excluding hydrogens is 370 g/mol. The zero-order chi connectivity index (χ0) is 18.7. The van der Waals surface area contributed by atoms with Crippen LogP contribution in [-0.2, 0) is 23.1 Å². The molecule has 9 heteroatoms. The summed E-state index contributed by atoms with van der Waals surface area (Å²) in [5, 5.41) is 4.74. The van der Waals surface area contributed by atoms with Gasteiger partial charge in [0.15, 0.2) is 20.4 Å². The standard InChI is InChI=1S/C17H25N5O2S2/c1-3-10-20(15-7-11-26(23,24)12-15)13-22-17(25)21(4-2)16(19-22)14-5-8-18-9-6-14/h5-6,8-9,15H,3-4,7,10-13H2,1-2H3. The summed E-state index contributed by atoms with van der Waals surface area (Å²) >= 11 is 5.64. The van der Waals surface area contributed by atoms with Crippen molar-refractivity contribution in [2.75, 3.05) is 18.1 Å². The number of rotatable bonds is 7. The van der Waals surface area contributed by atoms with Crippen LogP contribution < -0.4 is 0 Å². The smallest absolute Gasteiger partial charge is 0.199 e. The van der Waals surface area contributed by atoms with Gasteiger partial charge in [0.1, 0.15) is 0 Å². The molecule has 0 aromatic carbocycles. The van der Waals surface area contributed by atoms with Gasteiger partial charge < -0.3 is 4.57 Å². The van der Waals surface area contributed by atoms with E-state index in [0.29, 0.717) is 17.9 Å². The molecule has 26 heavy (non-hydrogen) atoms. The molecule has 1 fully saturated rings. The van der Waals surface area contributed by atoms with Gasteiger partial charge in [-0.05, 0) is 50.7 Å². The highest BCUT2D eigenvalue weighted by Crippen LogP contribution is 2.21. The average Bonchev–Trinajstić information content (AvgIpc) is 3.15. The van der Waals surface area contributed by atoms with Crippen molar-refractivity contribution < 1.29 is 8.42 Å². The molecule has 1 unspecified atom stereocenters. The second-order valence-corrected chi connectivity index (χ2v) is 9.19. The lowest BCUT2D eigenvalue weighted by molar-refractivity contribution is 0.155. The molecule has 0 amide bonds. The monoisotopic (exact) mass is 395 g/mol. The molecule has 142 valence electrons. The number of hydrogen-bond donors (Lipinski definition) is 0. The molecule has 0 saturated carbocycles. The van der Waals surface area contributed by atoms with Crippen molar-refractivity contribution in [3.05, 3.63) is 29.3 Å². The maximum Gasteiger partial charge on any atom is 0.199 e. The van der Waals surface area contributed by atoms with Crippen LogP contribution in [0.2, 0.25) is 0 Å². The highest BCUT2D eigenvalue weighted by Gasteiger charge is 2.32. The predicted octanol–water partition coefficient (Wildman–Crippen LogP) is 2.35. The third kappa shape index (κ3) is 4.05. The molecular formula is C17H25N5O2S2. The maximum atomic E-state index is 11.9. The zero-order valence-electron chi connectivity index (χ0n) is 15.2. The second kappa shape index (κ2) is 7.98. The van der Waals surface area contributed by atoms with Crippen LogP contribution in [0.25, 0.3) is 11.4 Å². The minimum atomic E-state index is -2.92. The van der Waals surface area contributed by atoms with Crippen LogP contribution >= 0.6 is 12.2 Å². The molecule has 0 radical (unpaired) electrons. The summed E-state index contributed by atoms with van der Waals surface area (Å²) in [7, 11) is -2.92. The van der Waals surface area contributed by atoms with Crippen molar-refractivity contribution in [1.29, 1.82) is 0 Å². The summed E-state index contributed by atoms with van der Waals surface area (Å²) in [6.07, 6.45) is 5.12. The van der Waals surface area contributed by atoms with E-state index in [4.69, 9.17) is 17.3 Å². The Kier molecular flexibility index (Phi) is 5.89. The van der Waals surface area contributed by atoms with Crippen molar-refractivity contribution in [3.63, 3.8) is 0 Å². The fourth-order valence-corrected chi connectivity index (χ4v) is 5.50. The predicted molar refractivity (Wildman–Crippen MR) is 104 cm³/mol. The Labute approximate surface area is 159 Å². The Morgan fingerprint density at radius 2 is 2.04 bits per heavy atom. The topological polar surface area (TPSA) is 73.0 Å². The number of aromatic nitrogens is 4. The summed E-state index contributed by atoms with van der Waals surface area (Å²) in [5.74, 6) is 1.32. The molecule has 0 N–H and O–H groups in total. The molecule has 7 nitrogen and oxygen atoms in total. The molecule has 2 aromatic heterocycles. The van der Waals surface area contributed by atoms with Crippen LogP contribution in [-0.4, -0.2) is 56.7 Å². The minimum absolute atomic E-state index is 0.0398. The summed E-state index contributed by atoms with van der Waals surface area (Å²) in [5.41, 5.74) is 0.970. The van der Waals surface area contributed by atoms with Crippen LogP contribution in [0.3, 0.4) is 0 Å². The number of pyridine rings is 1. The number of hydrogen-bond acceptors (Lipinski definition) is 6. The van der Waals surface area contributed by atoms with Crippen LogP contribution in [0.4, 0.5) is 0 Å². The van der Waals surface area contributed by atoms with E-state index in [9.17, 15) is 8.42 Å².